The summed E-state index contributed by atoms with van der Waals surface area (Å²) in [5.41, 5.74) is -0.355. The lowest BCUT2D eigenvalue weighted by atomic mass is 10.1. The van der Waals surface area contributed by atoms with Gasteiger partial charge in [0.2, 0.25) is 5.91 Å². The van der Waals surface area contributed by atoms with Crippen molar-refractivity contribution in [1.82, 2.24) is 4.90 Å². The first-order valence-corrected chi connectivity index (χ1v) is 11.1. The maximum Gasteiger partial charge on any atom is 0.416 e. The molecule has 1 saturated carbocycles. The van der Waals surface area contributed by atoms with E-state index in [1.54, 1.807) is 11.8 Å². The van der Waals surface area contributed by atoms with Gasteiger partial charge < -0.3 is 10.2 Å². The topological polar surface area (TPSA) is 44.7 Å². The second-order valence-corrected chi connectivity index (χ2v) is 9.23. The Balaban J connectivity index is 0.00000320. The predicted octanol–water partition coefficient (Wildman–Crippen LogP) is 5.97. The normalized spacial score (nSPS) is 24.4. The molecule has 168 valence electrons. The van der Waals surface area contributed by atoms with E-state index in [-0.39, 0.29) is 36.0 Å². The van der Waals surface area contributed by atoms with Crippen molar-refractivity contribution in [2.45, 2.75) is 75.4 Å². The van der Waals surface area contributed by atoms with E-state index in [0.717, 1.165) is 30.1 Å². The summed E-state index contributed by atoms with van der Waals surface area (Å²) in [4.78, 5) is 19.5. The Labute approximate surface area is 186 Å². The molecule has 3 rings (SSSR count). The highest BCUT2D eigenvalue weighted by molar-refractivity contribution is 8.14. The van der Waals surface area contributed by atoms with Gasteiger partial charge in [-0.3, -0.25) is 9.79 Å². The summed E-state index contributed by atoms with van der Waals surface area (Å²) in [6, 6.07) is 4.92. The van der Waals surface area contributed by atoms with Gasteiger partial charge in [-0.05, 0) is 37.1 Å². The summed E-state index contributed by atoms with van der Waals surface area (Å²) >= 11 is 1.71. The van der Waals surface area contributed by atoms with Gasteiger partial charge in [-0.1, -0.05) is 44.4 Å². The Morgan fingerprint density at radius 1 is 1.17 bits per heavy atom. The number of amides is 1. The van der Waals surface area contributed by atoms with Crippen LogP contribution in [0.25, 0.3) is 0 Å². The number of benzene rings is 1. The van der Waals surface area contributed by atoms with Gasteiger partial charge in [0.15, 0.2) is 5.17 Å². The van der Waals surface area contributed by atoms with E-state index in [0.29, 0.717) is 11.7 Å². The van der Waals surface area contributed by atoms with Gasteiger partial charge in [0.1, 0.15) is 0 Å². The van der Waals surface area contributed by atoms with Crippen LogP contribution in [0, 0.1) is 0 Å². The molecule has 0 radical (unpaired) electrons. The first-order chi connectivity index (χ1) is 13.7. The van der Waals surface area contributed by atoms with Crippen LogP contribution in [0.3, 0.4) is 0 Å². The van der Waals surface area contributed by atoms with Gasteiger partial charge in [0.25, 0.3) is 0 Å². The number of nitrogens with zero attached hydrogens (tertiary/aromatic N) is 2. The summed E-state index contributed by atoms with van der Waals surface area (Å²) in [5, 5.41) is 3.93. The van der Waals surface area contributed by atoms with Crippen molar-refractivity contribution in [2.24, 2.45) is 4.99 Å². The van der Waals surface area contributed by atoms with Crippen LogP contribution in [0.15, 0.2) is 29.3 Å². The van der Waals surface area contributed by atoms with E-state index in [2.05, 4.69) is 17.1 Å². The highest BCUT2D eigenvalue weighted by Gasteiger charge is 2.36. The lowest BCUT2D eigenvalue weighted by molar-refractivity contribution is -0.137. The molecule has 2 unspecified atom stereocenters. The molecule has 1 amide bonds. The van der Waals surface area contributed by atoms with Gasteiger partial charge in [-0.25, -0.2) is 0 Å². The highest BCUT2D eigenvalue weighted by Crippen LogP contribution is 2.34. The second kappa shape index (κ2) is 10.8. The minimum atomic E-state index is -4.38. The molecule has 9 heteroatoms. The third-order valence-electron chi connectivity index (χ3n) is 5.64. The van der Waals surface area contributed by atoms with Gasteiger partial charge in [-0.2, -0.15) is 13.2 Å². The third-order valence-corrected chi connectivity index (χ3v) is 6.93. The summed E-state index contributed by atoms with van der Waals surface area (Å²) < 4.78 is 38.0. The van der Waals surface area contributed by atoms with Crippen molar-refractivity contribution >= 4 is 40.9 Å². The Hall–Kier alpha value is -1.41. The first kappa shape index (κ1) is 24.9. The molecule has 4 nitrogen and oxygen atoms in total. The lowest BCUT2D eigenvalue weighted by Gasteiger charge is -2.23. The van der Waals surface area contributed by atoms with Crippen molar-refractivity contribution in [3.05, 3.63) is 29.8 Å². The number of halogens is 4. The Kier molecular flexibility index (Phi) is 8.91. The number of hydrogen-bond donors (Lipinski definition) is 1. The monoisotopic (exact) mass is 463 g/mol. The van der Waals surface area contributed by atoms with Crippen LogP contribution in [0.2, 0.25) is 0 Å². The summed E-state index contributed by atoms with van der Waals surface area (Å²) in [6.45, 7) is 2.09. The number of aliphatic imine (C=N–C) groups is 1. The molecule has 1 N–H and O–H groups in total. The van der Waals surface area contributed by atoms with Crippen LogP contribution in [0.5, 0.6) is 0 Å². The van der Waals surface area contributed by atoms with E-state index in [4.69, 9.17) is 4.99 Å². The number of nitrogens with one attached hydrogen (secondary N) is 1. The summed E-state index contributed by atoms with van der Waals surface area (Å²) in [6.07, 6.45) is 3.18. The van der Waals surface area contributed by atoms with Crippen molar-refractivity contribution in [3.63, 3.8) is 0 Å². The SMILES string of the molecule is CC1SC(=NC2CCCCCC2)N(C)C1CC(=O)Nc1ccc(C(F)(F)F)cc1.Cl. The van der Waals surface area contributed by atoms with Crippen LogP contribution >= 0.6 is 24.2 Å². The van der Waals surface area contributed by atoms with Crippen LogP contribution < -0.4 is 5.32 Å². The minimum absolute atomic E-state index is 0. The molecule has 0 aromatic heterocycles. The molecular weight excluding hydrogens is 435 g/mol. The maximum absolute atomic E-state index is 12.7. The number of carbonyl (C=O) groups is 1. The van der Waals surface area contributed by atoms with Gasteiger partial charge >= 0.3 is 6.18 Å². The molecule has 30 heavy (non-hydrogen) atoms. The van der Waals surface area contributed by atoms with Gasteiger partial charge in [-0.15, -0.1) is 12.4 Å². The average molecular weight is 464 g/mol. The number of rotatable bonds is 4. The third kappa shape index (κ3) is 6.54. The fraction of sp³-hybridized carbons (Fsp3) is 0.619. The van der Waals surface area contributed by atoms with E-state index >= 15 is 0 Å². The van der Waals surface area contributed by atoms with Crippen molar-refractivity contribution in [3.8, 4) is 0 Å². The molecule has 1 heterocycles. The molecule has 1 aromatic carbocycles. The average Bonchev–Trinajstić information content (AvgIpc) is 2.84. The minimum Gasteiger partial charge on any atom is -0.350 e. The number of carbonyl (C=O) groups excluding carboxylic acids is 1. The molecule has 1 aromatic rings. The number of thioether (sulfide) groups is 1. The molecule has 1 aliphatic heterocycles. The first-order valence-electron chi connectivity index (χ1n) is 10.2. The van der Waals surface area contributed by atoms with Gasteiger partial charge in [0.05, 0.1) is 17.6 Å². The molecule has 1 saturated heterocycles. The fourth-order valence-electron chi connectivity index (χ4n) is 3.90. The van der Waals surface area contributed by atoms with Crippen molar-refractivity contribution in [1.29, 1.82) is 0 Å². The largest absolute Gasteiger partial charge is 0.416 e. The fourth-order valence-corrected chi connectivity index (χ4v) is 5.18. The highest BCUT2D eigenvalue weighted by atomic mass is 35.5. The molecule has 2 aliphatic rings. The number of alkyl halides is 3. The quantitative estimate of drug-likeness (QED) is 0.559. The molecule has 2 atom stereocenters. The zero-order chi connectivity index (χ0) is 21.0. The van der Waals surface area contributed by atoms with Crippen molar-refractivity contribution < 1.29 is 18.0 Å². The Morgan fingerprint density at radius 3 is 2.33 bits per heavy atom. The molecular formula is C21H29ClF3N3OS. The lowest BCUT2D eigenvalue weighted by Crippen LogP contribution is -2.36. The Morgan fingerprint density at radius 2 is 1.77 bits per heavy atom. The number of hydrogen-bond acceptors (Lipinski definition) is 3. The maximum atomic E-state index is 12.7. The molecule has 0 bridgehead atoms. The van der Waals surface area contributed by atoms with Crippen LogP contribution in [0.1, 0.15) is 57.4 Å². The van der Waals surface area contributed by atoms with Crippen LogP contribution in [-0.2, 0) is 11.0 Å². The van der Waals surface area contributed by atoms with Crippen LogP contribution in [0.4, 0.5) is 18.9 Å². The van der Waals surface area contributed by atoms with Crippen molar-refractivity contribution in [2.75, 3.05) is 12.4 Å². The van der Waals surface area contributed by atoms with E-state index in [9.17, 15) is 18.0 Å². The summed E-state index contributed by atoms with van der Waals surface area (Å²) in [5.74, 6) is -0.204. The standard InChI is InChI=1S/C21H28F3N3OS.ClH/c1-14-18(27(2)20(29-14)26-16-7-5-3-4-6-8-16)13-19(28)25-17-11-9-15(10-12-17)21(22,23)24;/h9-12,14,16,18H,3-8,13H2,1-2H3,(H,25,28);1H. The zero-order valence-electron chi connectivity index (χ0n) is 17.2. The second-order valence-electron chi connectivity index (χ2n) is 7.89. The molecule has 1 aliphatic carbocycles. The number of amidine groups is 1. The van der Waals surface area contributed by atoms with Gasteiger partial charge in [0, 0.05) is 24.4 Å². The smallest absolute Gasteiger partial charge is 0.350 e. The summed E-state index contributed by atoms with van der Waals surface area (Å²) in [7, 11) is 1.97. The van der Waals surface area contributed by atoms with E-state index in [1.807, 2.05) is 7.05 Å². The molecule has 0 spiro atoms. The van der Waals surface area contributed by atoms with E-state index in [1.165, 1.54) is 37.8 Å². The zero-order valence-corrected chi connectivity index (χ0v) is 18.9. The predicted molar refractivity (Wildman–Crippen MR) is 119 cm³/mol. The number of anilines is 1. The Bertz CT molecular complexity index is 734. The van der Waals surface area contributed by atoms with Crippen LogP contribution in [-0.4, -0.2) is 40.4 Å². The van der Waals surface area contributed by atoms with E-state index < -0.39 is 11.7 Å². The molecule has 2 fully saturated rings.